The van der Waals surface area contributed by atoms with Gasteiger partial charge in [0, 0.05) is 40.4 Å². The smallest absolute Gasteiger partial charge is 0.137 e. The Morgan fingerprint density at radius 3 is 2.05 bits per heavy atom. The minimum atomic E-state index is -0.411. The predicted molar refractivity (Wildman–Crippen MR) is 230 cm³/mol. The van der Waals surface area contributed by atoms with Crippen LogP contribution in [0.25, 0.3) is 38.8 Å². The number of hydrogen-bond acceptors (Lipinski definition) is 4. The van der Waals surface area contributed by atoms with Crippen LogP contribution in [0.3, 0.4) is 0 Å². The summed E-state index contributed by atoms with van der Waals surface area (Å²) in [6.45, 7) is 13.5. The van der Waals surface area contributed by atoms with Gasteiger partial charge in [0.15, 0.2) is 0 Å². The Balaban J connectivity index is 1.11. The van der Waals surface area contributed by atoms with Crippen molar-refractivity contribution in [2.45, 2.75) is 52.4 Å². The molecule has 0 saturated carbocycles. The molecule has 0 radical (unpaired) electrons. The Morgan fingerprint density at radius 2 is 1.27 bits per heavy atom. The number of pyridine rings is 1. The van der Waals surface area contributed by atoms with Crippen LogP contribution in [0.15, 0.2) is 158 Å². The minimum absolute atomic E-state index is 0.0360. The summed E-state index contributed by atoms with van der Waals surface area (Å²) < 4.78 is 51.8. The Labute approximate surface area is 331 Å². The fourth-order valence-corrected chi connectivity index (χ4v) is 7.58. The first-order valence-corrected chi connectivity index (χ1v) is 18.7. The molecule has 1 aliphatic rings. The molecule has 0 unspecified atom stereocenters. The van der Waals surface area contributed by atoms with E-state index in [0.29, 0.717) is 23.7 Å². The number of nitrogens with zero attached hydrogens (tertiary/aromatic N) is 4. The number of fused-ring (bicyclic) bond motifs is 4. The molecule has 0 amide bonds. The molecule has 0 bridgehead atoms. The SMILES string of the molecule is [2H]c1c([2H])c([2H])c(-c2ccc(C(C)(C)C)cc2N2CN(c3cccc(Oc4ccc5c6ccccc6n(-c6cc(C(C)(C)C)ccn6)c5c4)c3)c3ccccc32)c([2H])c1[2H]. The molecule has 5 nitrogen and oxygen atoms in total. The van der Waals surface area contributed by atoms with Gasteiger partial charge in [0.1, 0.15) is 24.0 Å². The van der Waals surface area contributed by atoms with Crippen LogP contribution in [0.1, 0.15) is 59.5 Å². The molecular weight excluding hydrogens is 673 g/mol. The molecule has 5 heteroatoms. The second kappa shape index (κ2) is 13.2. The average molecular weight is 724 g/mol. The fourth-order valence-electron chi connectivity index (χ4n) is 7.58. The van der Waals surface area contributed by atoms with Crippen LogP contribution >= 0.6 is 0 Å². The van der Waals surface area contributed by atoms with Gasteiger partial charge in [-0.05, 0) is 88.2 Å². The quantitative estimate of drug-likeness (QED) is 0.171. The molecule has 0 saturated heterocycles. The van der Waals surface area contributed by atoms with Gasteiger partial charge in [-0.2, -0.15) is 0 Å². The van der Waals surface area contributed by atoms with Crippen molar-refractivity contribution >= 4 is 44.6 Å². The topological polar surface area (TPSA) is 33.5 Å². The molecule has 1 aliphatic heterocycles. The number of para-hydroxylation sites is 3. The number of hydrogen-bond donors (Lipinski definition) is 0. The highest BCUT2D eigenvalue weighted by molar-refractivity contribution is 6.09. The summed E-state index contributed by atoms with van der Waals surface area (Å²) in [6, 6.07) is 39.5. The van der Waals surface area contributed by atoms with E-state index in [1.54, 1.807) is 0 Å². The van der Waals surface area contributed by atoms with E-state index in [1.165, 1.54) is 5.56 Å². The predicted octanol–water partition coefficient (Wildman–Crippen LogP) is 13.5. The molecule has 8 aromatic rings. The first-order chi connectivity index (χ1) is 28.6. The maximum atomic E-state index is 8.89. The zero-order valence-electron chi connectivity index (χ0n) is 37.0. The molecule has 0 spiro atoms. The van der Waals surface area contributed by atoms with Gasteiger partial charge >= 0.3 is 0 Å². The monoisotopic (exact) mass is 723 g/mol. The van der Waals surface area contributed by atoms with E-state index >= 15 is 0 Å². The largest absolute Gasteiger partial charge is 0.457 e. The maximum Gasteiger partial charge on any atom is 0.137 e. The highest BCUT2D eigenvalue weighted by atomic mass is 16.5. The van der Waals surface area contributed by atoms with Crippen LogP contribution < -0.4 is 14.5 Å². The van der Waals surface area contributed by atoms with Gasteiger partial charge in [-0.1, -0.05) is 120 Å². The molecule has 55 heavy (non-hydrogen) atoms. The van der Waals surface area contributed by atoms with Crippen molar-refractivity contribution in [2.75, 3.05) is 16.5 Å². The van der Waals surface area contributed by atoms with Crippen molar-refractivity contribution in [1.29, 1.82) is 0 Å². The summed E-state index contributed by atoms with van der Waals surface area (Å²) in [4.78, 5) is 9.23. The molecule has 0 aliphatic carbocycles. The van der Waals surface area contributed by atoms with Gasteiger partial charge in [-0.3, -0.25) is 4.57 Å². The lowest BCUT2D eigenvalue weighted by Crippen LogP contribution is -2.25. The van der Waals surface area contributed by atoms with Crippen LogP contribution in [-0.4, -0.2) is 16.2 Å². The Hall–Kier alpha value is -6.33. The molecule has 2 aromatic heterocycles. The van der Waals surface area contributed by atoms with Gasteiger partial charge < -0.3 is 14.5 Å². The van der Waals surface area contributed by atoms with E-state index < -0.39 is 6.04 Å². The van der Waals surface area contributed by atoms with E-state index in [4.69, 9.17) is 16.6 Å². The van der Waals surface area contributed by atoms with Crippen molar-refractivity contribution in [3.63, 3.8) is 0 Å². The highest BCUT2D eigenvalue weighted by Crippen LogP contribution is 2.48. The van der Waals surface area contributed by atoms with E-state index in [0.717, 1.165) is 55.9 Å². The van der Waals surface area contributed by atoms with Crippen molar-refractivity contribution in [3.05, 3.63) is 169 Å². The van der Waals surface area contributed by atoms with E-state index in [2.05, 4.69) is 129 Å². The molecule has 9 rings (SSSR count). The fraction of sp³-hybridized carbons (Fsp3) is 0.180. The van der Waals surface area contributed by atoms with Crippen molar-refractivity contribution in [1.82, 2.24) is 9.55 Å². The van der Waals surface area contributed by atoms with Crippen molar-refractivity contribution in [3.8, 4) is 28.4 Å². The molecule has 0 fully saturated rings. The number of benzene rings is 6. The van der Waals surface area contributed by atoms with Gasteiger partial charge in [0.2, 0.25) is 0 Å². The molecule has 3 heterocycles. The number of rotatable bonds is 6. The number of anilines is 4. The van der Waals surface area contributed by atoms with Crippen LogP contribution in [0.5, 0.6) is 11.5 Å². The summed E-state index contributed by atoms with van der Waals surface area (Å²) in [6.07, 6.45) is 1.89. The first-order valence-electron chi connectivity index (χ1n) is 21.2. The lowest BCUT2D eigenvalue weighted by molar-refractivity contribution is 0.483. The van der Waals surface area contributed by atoms with Crippen molar-refractivity contribution < 1.29 is 11.6 Å². The second-order valence-corrected chi connectivity index (χ2v) is 16.3. The first kappa shape index (κ1) is 29.1. The summed E-state index contributed by atoms with van der Waals surface area (Å²) in [5, 5.41) is 2.26. The third kappa shape index (κ3) is 6.30. The lowest BCUT2D eigenvalue weighted by atomic mass is 9.85. The van der Waals surface area contributed by atoms with Crippen LogP contribution in [0.2, 0.25) is 0 Å². The third-order valence-electron chi connectivity index (χ3n) is 10.5. The van der Waals surface area contributed by atoms with Gasteiger partial charge in [-0.15, -0.1) is 0 Å². The van der Waals surface area contributed by atoms with Crippen LogP contribution in [-0.2, 0) is 10.8 Å². The molecular formula is C50H46N4O. The minimum Gasteiger partial charge on any atom is -0.457 e. The Kier molecular flexibility index (Phi) is 6.98. The Bertz CT molecular complexity index is 2970. The van der Waals surface area contributed by atoms with Gasteiger partial charge in [-0.25, -0.2) is 4.98 Å². The standard InChI is InChI=1S/C50H46N4O/c1-49(2,3)35-23-25-40(34-15-8-7-9-16-34)46(29-35)53-33-52(44-21-12-13-22-45(44)53)37-17-14-18-38(31-37)55-39-24-26-42-41-19-10-11-20-43(41)54(47(42)32-39)48-30-36(27-28-51-48)50(4,5)6/h7-32H,33H2,1-6H3/i7D,8D,9D,15D,16D. The molecule has 6 aromatic carbocycles. The summed E-state index contributed by atoms with van der Waals surface area (Å²) >= 11 is 0. The van der Waals surface area contributed by atoms with Crippen molar-refractivity contribution in [2.24, 2.45) is 0 Å². The second-order valence-electron chi connectivity index (χ2n) is 16.3. The van der Waals surface area contributed by atoms with E-state index in [-0.39, 0.29) is 40.6 Å². The highest BCUT2D eigenvalue weighted by Gasteiger charge is 2.30. The van der Waals surface area contributed by atoms with Crippen LogP contribution in [0.4, 0.5) is 22.7 Å². The zero-order chi connectivity index (χ0) is 42.2. The van der Waals surface area contributed by atoms with E-state index in [9.17, 15) is 0 Å². The summed E-state index contributed by atoms with van der Waals surface area (Å²) in [5.41, 5.74) is 8.43. The normalized spacial score (nSPS) is 14.4. The molecule has 272 valence electrons. The average Bonchev–Trinajstić information content (AvgIpc) is 3.78. The summed E-state index contributed by atoms with van der Waals surface area (Å²) in [7, 11) is 0. The third-order valence-corrected chi connectivity index (χ3v) is 10.5. The van der Waals surface area contributed by atoms with Gasteiger partial charge in [0.05, 0.1) is 34.9 Å². The van der Waals surface area contributed by atoms with Gasteiger partial charge in [0.25, 0.3) is 0 Å². The van der Waals surface area contributed by atoms with E-state index in [1.807, 2.05) is 54.7 Å². The Morgan fingerprint density at radius 1 is 0.582 bits per heavy atom. The van der Waals surface area contributed by atoms with Crippen LogP contribution in [0, 0.1) is 0 Å². The lowest BCUT2D eigenvalue weighted by Gasteiger charge is -2.27. The summed E-state index contributed by atoms with van der Waals surface area (Å²) in [5.74, 6) is 2.22. The molecule has 0 N–H and O–H groups in total. The number of aromatic nitrogens is 2. The maximum absolute atomic E-state index is 8.89. The number of ether oxygens (including phenoxy) is 1. The zero-order valence-corrected chi connectivity index (χ0v) is 32.0. The molecule has 0 atom stereocenters.